The van der Waals surface area contributed by atoms with E-state index < -0.39 is 15.9 Å². The molecule has 0 spiro atoms. The van der Waals surface area contributed by atoms with E-state index in [9.17, 15) is 18.0 Å². The van der Waals surface area contributed by atoms with Crippen molar-refractivity contribution in [2.45, 2.75) is 11.3 Å². The lowest BCUT2D eigenvalue weighted by Gasteiger charge is -2.22. The molecule has 2 aromatic rings. The van der Waals surface area contributed by atoms with Crippen LogP contribution in [0.5, 0.6) is 11.5 Å². The second-order valence-electron chi connectivity index (χ2n) is 7.53. The standard InChI is InChI=1S/C21H23N3O6S/c1-23(2)31(27,28)17-6-3-15(4-7-17)22-21(26)14-11-20(25)24(13-14)16-5-8-18-19(12-16)30-10-9-29-18/h3-8,12,14H,9-11,13H2,1-2H3,(H,22,26). The van der Waals surface area contributed by atoms with Crippen LogP contribution in [0, 0.1) is 5.92 Å². The Hall–Kier alpha value is -3.11. The van der Waals surface area contributed by atoms with Gasteiger partial charge in [-0.05, 0) is 36.4 Å². The van der Waals surface area contributed by atoms with Crippen molar-refractivity contribution >= 4 is 33.2 Å². The van der Waals surface area contributed by atoms with Gasteiger partial charge in [-0.25, -0.2) is 12.7 Å². The molecule has 9 nitrogen and oxygen atoms in total. The van der Waals surface area contributed by atoms with E-state index in [2.05, 4.69) is 5.32 Å². The minimum Gasteiger partial charge on any atom is -0.486 e. The lowest BCUT2D eigenvalue weighted by Crippen LogP contribution is -2.28. The van der Waals surface area contributed by atoms with E-state index in [0.717, 1.165) is 4.31 Å². The first-order chi connectivity index (χ1) is 14.8. The summed E-state index contributed by atoms with van der Waals surface area (Å²) in [4.78, 5) is 26.9. The molecule has 0 bridgehead atoms. The second kappa shape index (κ2) is 8.20. The number of carbonyl (C=O) groups excluding carboxylic acids is 2. The summed E-state index contributed by atoms with van der Waals surface area (Å²) in [6.45, 7) is 1.18. The van der Waals surface area contributed by atoms with Crippen molar-refractivity contribution in [3.05, 3.63) is 42.5 Å². The van der Waals surface area contributed by atoms with Crippen LogP contribution in [0.4, 0.5) is 11.4 Å². The number of ether oxygens (including phenoxy) is 2. The van der Waals surface area contributed by atoms with E-state index in [1.807, 2.05) is 0 Å². The van der Waals surface area contributed by atoms with Crippen molar-refractivity contribution in [3.63, 3.8) is 0 Å². The summed E-state index contributed by atoms with van der Waals surface area (Å²) in [6.07, 6.45) is 0.0906. The third kappa shape index (κ3) is 4.21. The number of benzene rings is 2. The van der Waals surface area contributed by atoms with Crippen molar-refractivity contribution < 1.29 is 27.5 Å². The Labute approximate surface area is 180 Å². The largest absolute Gasteiger partial charge is 0.486 e. The topological polar surface area (TPSA) is 105 Å². The van der Waals surface area contributed by atoms with E-state index in [0.29, 0.717) is 36.1 Å². The molecule has 1 unspecified atom stereocenters. The normalized spacial score (nSPS) is 18.4. The number of amides is 2. The molecule has 1 atom stereocenters. The third-order valence-corrected chi connectivity index (χ3v) is 7.06. The maximum atomic E-state index is 12.7. The van der Waals surface area contributed by atoms with Crippen molar-refractivity contribution in [1.29, 1.82) is 0 Å². The minimum atomic E-state index is -3.54. The highest BCUT2D eigenvalue weighted by Gasteiger charge is 2.35. The number of nitrogens with one attached hydrogen (secondary N) is 1. The van der Waals surface area contributed by atoms with E-state index >= 15 is 0 Å². The number of hydrogen-bond donors (Lipinski definition) is 1. The molecule has 0 aliphatic carbocycles. The Morgan fingerprint density at radius 2 is 1.74 bits per heavy atom. The van der Waals surface area contributed by atoms with Gasteiger partial charge >= 0.3 is 0 Å². The SMILES string of the molecule is CN(C)S(=O)(=O)c1ccc(NC(=O)C2CC(=O)N(c3ccc4c(c3)OCCO4)C2)cc1. The molecular formula is C21H23N3O6S. The van der Waals surface area contributed by atoms with Gasteiger partial charge in [0.25, 0.3) is 0 Å². The first kappa shape index (κ1) is 21.1. The number of rotatable bonds is 5. The zero-order valence-electron chi connectivity index (χ0n) is 17.2. The van der Waals surface area contributed by atoms with Gasteiger partial charge in [0.05, 0.1) is 10.8 Å². The van der Waals surface area contributed by atoms with Crippen LogP contribution in [0.2, 0.25) is 0 Å². The molecule has 164 valence electrons. The Balaban J connectivity index is 1.43. The number of sulfonamides is 1. The van der Waals surface area contributed by atoms with Crippen LogP contribution >= 0.6 is 0 Å². The predicted octanol–water partition coefficient (Wildman–Crippen LogP) is 1.70. The van der Waals surface area contributed by atoms with Crippen molar-refractivity contribution in [3.8, 4) is 11.5 Å². The Morgan fingerprint density at radius 3 is 2.42 bits per heavy atom. The molecule has 0 saturated carbocycles. The quantitative estimate of drug-likeness (QED) is 0.751. The predicted molar refractivity (Wildman–Crippen MR) is 114 cm³/mol. The smallest absolute Gasteiger partial charge is 0.242 e. The summed E-state index contributed by atoms with van der Waals surface area (Å²) < 4.78 is 36.5. The van der Waals surface area contributed by atoms with Gasteiger partial charge in [0, 0.05) is 44.5 Å². The average Bonchev–Trinajstić information content (AvgIpc) is 3.15. The zero-order chi connectivity index (χ0) is 22.2. The molecule has 0 aromatic heterocycles. The van der Waals surface area contributed by atoms with Gasteiger partial charge in [-0.2, -0.15) is 0 Å². The van der Waals surface area contributed by atoms with Crippen LogP contribution < -0.4 is 19.7 Å². The fourth-order valence-corrected chi connectivity index (χ4v) is 4.40. The highest BCUT2D eigenvalue weighted by Crippen LogP contribution is 2.36. The zero-order valence-corrected chi connectivity index (χ0v) is 18.0. The van der Waals surface area contributed by atoms with Gasteiger partial charge in [0.2, 0.25) is 21.8 Å². The Bertz CT molecular complexity index is 1110. The highest BCUT2D eigenvalue weighted by molar-refractivity contribution is 7.89. The van der Waals surface area contributed by atoms with Crippen LogP contribution in [0.1, 0.15) is 6.42 Å². The molecule has 2 aliphatic heterocycles. The first-order valence-electron chi connectivity index (χ1n) is 9.79. The molecule has 1 N–H and O–H groups in total. The fraction of sp³-hybridized carbons (Fsp3) is 0.333. The van der Waals surface area contributed by atoms with E-state index in [-0.39, 0.29) is 29.7 Å². The maximum Gasteiger partial charge on any atom is 0.242 e. The minimum absolute atomic E-state index is 0.0906. The molecular weight excluding hydrogens is 422 g/mol. The second-order valence-corrected chi connectivity index (χ2v) is 9.69. The molecule has 4 rings (SSSR count). The van der Waals surface area contributed by atoms with Crippen molar-refractivity contribution in [1.82, 2.24) is 4.31 Å². The number of anilines is 2. The van der Waals surface area contributed by atoms with Gasteiger partial charge in [-0.3, -0.25) is 9.59 Å². The van der Waals surface area contributed by atoms with E-state index in [1.165, 1.54) is 38.4 Å². The Morgan fingerprint density at radius 1 is 1.06 bits per heavy atom. The summed E-state index contributed by atoms with van der Waals surface area (Å²) in [5.41, 5.74) is 1.12. The van der Waals surface area contributed by atoms with Crippen LogP contribution in [0.25, 0.3) is 0 Å². The molecule has 2 amide bonds. The fourth-order valence-electron chi connectivity index (χ4n) is 3.50. The average molecular weight is 445 g/mol. The van der Waals surface area contributed by atoms with E-state index in [4.69, 9.17) is 9.47 Å². The summed E-state index contributed by atoms with van der Waals surface area (Å²) in [5, 5.41) is 2.76. The van der Waals surface area contributed by atoms with E-state index in [1.54, 1.807) is 23.1 Å². The number of fused-ring (bicyclic) bond motifs is 1. The molecule has 1 saturated heterocycles. The van der Waals surface area contributed by atoms with Crippen molar-refractivity contribution in [2.24, 2.45) is 5.92 Å². The monoisotopic (exact) mass is 445 g/mol. The van der Waals surface area contributed by atoms with Gasteiger partial charge in [-0.15, -0.1) is 0 Å². The summed E-state index contributed by atoms with van der Waals surface area (Å²) in [6, 6.07) is 11.2. The Kier molecular flexibility index (Phi) is 5.59. The molecule has 0 radical (unpaired) electrons. The van der Waals surface area contributed by atoms with Gasteiger partial charge in [0.1, 0.15) is 13.2 Å². The third-order valence-electron chi connectivity index (χ3n) is 5.23. The van der Waals surface area contributed by atoms with Crippen LogP contribution in [-0.4, -0.2) is 58.4 Å². The summed E-state index contributed by atoms with van der Waals surface area (Å²) >= 11 is 0. The lowest BCUT2D eigenvalue weighted by atomic mass is 10.1. The number of carbonyl (C=O) groups is 2. The molecule has 10 heteroatoms. The highest BCUT2D eigenvalue weighted by atomic mass is 32.2. The molecule has 31 heavy (non-hydrogen) atoms. The van der Waals surface area contributed by atoms with Gasteiger partial charge < -0.3 is 19.7 Å². The van der Waals surface area contributed by atoms with Crippen molar-refractivity contribution in [2.75, 3.05) is 44.1 Å². The lowest BCUT2D eigenvalue weighted by molar-refractivity contribution is -0.122. The van der Waals surface area contributed by atoms with Crippen LogP contribution in [0.15, 0.2) is 47.4 Å². The van der Waals surface area contributed by atoms with Crippen LogP contribution in [-0.2, 0) is 19.6 Å². The number of hydrogen-bond acceptors (Lipinski definition) is 6. The summed E-state index contributed by atoms with van der Waals surface area (Å²) in [5.74, 6) is 0.250. The summed E-state index contributed by atoms with van der Waals surface area (Å²) in [7, 11) is -0.632. The molecule has 2 heterocycles. The number of nitrogens with zero attached hydrogens (tertiary/aromatic N) is 2. The van der Waals surface area contributed by atoms with Gasteiger partial charge in [-0.1, -0.05) is 0 Å². The molecule has 2 aliphatic rings. The first-order valence-corrected chi connectivity index (χ1v) is 11.2. The molecule has 2 aromatic carbocycles. The van der Waals surface area contributed by atoms with Gasteiger partial charge in [0.15, 0.2) is 11.5 Å². The molecule has 1 fully saturated rings. The maximum absolute atomic E-state index is 12.7. The van der Waals surface area contributed by atoms with Crippen LogP contribution in [0.3, 0.4) is 0 Å².